The molecule has 1 aromatic carbocycles. The van der Waals surface area contributed by atoms with E-state index in [1.165, 1.54) is 12.8 Å². The monoisotopic (exact) mass is 263 g/mol. The van der Waals surface area contributed by atoms with Crippen molar-refractivity contribution < 1.29 is 14.6 Å². The summed E-state index contributed by atoms with van der Waals surface area (Å²) in [6.45, 7) is 2.75. The zero-order valence-electron chi connectivity index (χ0n) is 11.3. The van der Waals surface area contributed by atoms with Crippen LogP contribution < -0.4 is 0 Å². The Morgan fingerprint density at radius 1 is 1.42 bits per heavy atom. The molecule has 2 rings (SSSR count). The fourth-order valence-corrected chi connectivity index (χ4v) is 2.38. The minimum absolute atomic E-state index is 0.339. The molecule has 104 valence electrons. The molecule has 1 aliphatic rings. The van der Waals surface area contributed by atoms with Gasteiger partial charge in [-0.15, -0.1) is 0 Å². The molecule has 1 aromatic rings. The van der Waals surface area contributed by atoms with Gasteiger partial charge in [0.05, 0.1) is 11.7 Å². The van der Waals surface area contributed by atoms with Crippen LogP contribution in [0.1, 0.15) is 35.2 Å². The van der Waals surface area contributed by atoms with Crippen LogP contribution in [0.25, 0.3) is 0 Å². The summed E-state index contributed by atoms with van der Waals surface area (Å²) in [4.78, 5) is 13.0. The third kappa shape index (κ3) is 4.33. The predicted molar refractivity (Wildman–Crippen MR) is 73.3 cm³/mol. The van der Waals surface area contributed by atoms with Gasteiger partial charge in [0.1, 0.15) is 0 Å². The number of benzene rings is 1. The van der Waals surface area contributed by atoms with Crippen LogP contribution in [0.2, 0.25) is 0 Å². The van der Waals surface area contributed by atoms with Gasteiger partial charge in [-0.25, -0.2) is 4.79 Å². The number of aromatic carboxylic acids is 1. The zero-order chi connectivity index (χ0) is 13.7. The predicted octanol–water partition coefficient (Wildman–Crippen LogP) is 2.39. The highest BCUT2D eigenvalue weighted by atomic mass is 16.5. The van der Waals surface area contributed by atoms with Crippen molar-refractivity contribution in [3.05, 3.63) is 35.4 Å². The lowest BCUT2D eigenvalue weighted by atomic mass is 10.1. The molecule has 1 fully saturated rings. The molecule has 1 unspecified atom stereocenters. The van der Waals surface area contributed by atoms with Gasteiger partial charge in [-0.2, -0.15) is 0 Å². The average molecular weight is 263 g/mol. The summed E-state index contributed by atoms with van der Waals surface area (Å²) < 4.78 is 5.60. The number of carbonyl (C=O) groups is 1. The Kier molecular flexibility index (Phi) is 4.93. The molecule has 1 saturated heterocycles. The summed E-state index contributed by atoms with van der Waals surface area (Å²) in [7, 11) is 2.08. The molecule has 4 heteroatoms. The number of rotatable bonds is 6. The molecule has 1 aliphatic heterocycles. The molecule has 19 heavy (non-hydrogen) atoms. The molecule has 1 N–H and O–H groups in total. The Bertz CT molecular complexity index is 410. The molecular weight excluding hydrogens is 242 g/mol. The summed E-state index contributed by atoms with van der Waals surface area (Å²) in [5, 5.41) is 8.84. The molecule has 0 spiro atoms. The molecule has 0 saturated carbocycles. The van der Waals surface area contributed by atoms with E-state index < -0.39 is 5.97 Å². The summed E-state index contributed by atoms with van der Waals surface area (Å²) in [6.07, 6.45) is 3.87. The number of nitrogens with zero attached hydrogens (tertiary/aromatic N) is 1. The van der Waals surface area contributed by atoms with Crippen LogP contribution >= 0.6 is 0 Å². The Hall–Kier alpha value is -1.39. The van der Waals surface area contributed by atoms with Crippen LogP contribution in [0.3, 0.4) is 0 Å². The van der Waals surface area contributed by atoms with E-state index in [2.05, 4.69) is 11.9 Å². The van der Waals surface area contributed by atoms with Gasteiger partial charge in [0.2, 0.25) is 0 Å². The first-order valence-corrected chi connectivity index (χ1v) is 6.77. The van der Waals surface area contributed by atoms with E-state index in [1.807, 2.05) is 12.1 Å². The smallest absolute Gasteiger partial charge is 0.335 e. The van der Waals surface area contributed by atoms with Gasteiger partial charge in [-0.1, -0.05) is 12.1 Å². The van der Waals surface area contributed by atoms with E-state index in [4.69, 9.17) is 9.84 Å². The molecule has 0 amide bonds. The Labute approximate surface area is 114 Å². The SMILES string of the molecule is CN(CCC1CCCO1)Cc1ccc(C(=O)O)cc1. The van der Waals surface area contributed by atoms with Crippen molar-refractivity contribution in [2.24, 2.45) is 0 Å². The molecule has 4 nitrogen and oxygen atoms in total. The van der Waals surface area contributed by atoms with Gasteiger partial charge in [0.15, 0.2) is 0 Å². The van der Waals surface area contributed by atoms with E-state index >= 15 is 0 Å². The van der Waals surface area contributed by atoms with Crippen molar-refractivity contribution in [2.45, 2.75) is 31.9 Å². The molecule has 0 aromatic heterocycles. The van der Waals surface area contributed by atoms with Gasteiger partial charge in [0.25, 0.3) is 0 Å². The van der Waals surface area contributed by atoms with Crippen molar-refractivity contribution in [1.29, 1.82) is 0 Å². The topological polar surface area (TPSA) is 49.8 Å². The lowest BCUT2D eigenvalue weighted by molar-refractivity contribution is 0.0696. The van der Waals surface area contributed by atoms with Crippen LogP contribution in [-0.4, -0.2) is 42.3 Å². The summed E-state index contributed by atoms with van der Waals surface area (Å²) in [5.74, 6) is -0.877. The second-order valence-electron chi connectivity index (χ2n) is 5.16. The standard InChI is InChI=1S/C15H21NO3/c1-16(9-8-14-3-2-10-19-14)11-12-4-6-13(7-5-12)15(17)18/h4-7,14H,2-3,8-11H2,1H3,(H,17,18). The fourth-order valence-electron chi connectivity index (χ4n) is 2.38. The first-order chi connectivity index (χ1) is 9.15. The summed E-state index contributed by atoms with van der Waals surface area (Å²) in [6, 6.07) is 7.08. The molecule has 0 aliphatic carbocycles. The van der Waals surface area contributed by atoms with Gasteiger partial charge < -0.3 is 14.7 Å². The van der Waals surface area contributed by atoms with E-state index in [-0.39, 0.29) is 0 Å². The number of carboxylic acid groups (broad SMARTS) is 1. The first-order valence-electron chi connectivity index (χ1n) is 6.77. The Morgan fingerprint density at radius 3 is 2.74 bits per heavy atom. The lowest BCUT2D eigenvalue weighted by Gasteiger charge is -2.18. The van der Waals surface area contributed by atoms with E-state index in [9.17, 15) is 4.79 Å². The molecule has 0 bridgehead atoms. The normalized spacial score (nSPS) is 18.9. The first kappa shape index (κ1) is 14.0. The molecular formula is C15H21NO3. The molecule has 0 radical (unpaired) electrons. The zero-order valence-corrected chi connectivity index (χ0v) is 11.3. The average Bonchev–Trinajstić information content (AvgIpc) is 2.90. The Morgan fingerprint density at radius 2 is 2.16 bits per heavy atom. The third-order valence-electron chi connectivity index (χ3n) is 3.51. The maximum Gasteiger partial charge on any atom is 0.335 e. The van der Waals surface area contributed by atoms with E-state index in [0.717, 1.165) is 31.7 Å². The third-order valence-corrected chi connectivity index (χ3v) is 3.51. The van der Waals surface area contributed by atoms with Gasteiger partial charge in [-0.3, -0.25) is 0 Å². The second kappa shape index (κ2) is 6.68. The van der Waals surface area contributed by atoms with Crippen molar-refractivity contribution >= 4 is 5.97 Å². The second-order valence-corrected chi connectivity index (χ2v) is 5.16. The quantitative estimate of drug-likeness (QED) is 0.856. The maximum atomic E-state index is 10.8. The number of carboxylic acids is 1. The summed E-state index contributed by atoms with van der Waals surface area (Å²) in [5.41, 5.74) is 1.48. The number of hydrogen-bond donors (Lipinski definition) is 1. The minimum Gasteiger partial charge on any atom is -0.478 e. The van der Waals surface area contributed by atoms with Crippen LogP contribution in [0.5, 0.6) is 0 Å². The van der Waals surface area contributed by atoms with Gasteiger partial charge in [0, 0.05) is 19.7 Å². The van der Waals surface area contributed by atoms with Crippen molar-refractivity contribution in [2.75, 3.05) is 20.2 Å². The highest BCUT2D eigenvalue weighted by Crippen LogP contribution is 2.16. The van der Waals surface area contributed by atoms with Crippen LogP contribution in [0.15, 0.2) is 24.3 Å². The lowest BCUT2D eigenvalue weighted by Crippen LogP contribution is -2.22. The number of hydrogen-bond acceptors (Lipinski definition) is 3. The number of ether oxygens (including phenoxy) is 1. The highest BCUT2D eigenvalue weighted by Gasteiger charge is 2.15. The van der Waals surface area contributed by atoms with Gasteiger partial charge >= 0.3 is 5.97 Å². The van der Waals surface area contributed by atoms with Gasteiger partial charge in [-0.05, 0) is 44.0 Å². The fraction of sp³-hybridized carbons (Fsp3) is 0.533. The highest BCUT2D eigenvalue weighted by molar-refractivity contribution is 5.87. The molecule has 1 heterocycles. The van der Waals surface area contributed by atoms with Crippen molar-refractivity contribution in [3.8, 4) is 0 Å². The molecule has 1 atom stereocenters. The Balaban J connectivity index is 1.77. The largest absolute Gasteiger partial charge is 0.478 e. The van der Waals surface area contributed by atoms with Crippen LogP contribution in [0, 0.1) is 0 Å². The van der Waals surface area contributed by atoms with Crippen LogP contribution in [-0.2, 0) is 11.3 Å². The van der Waals surface area contributed by atoms with E-state index in [1.54, 1.807) is 12.1 Å². The van der Waals surface area contributed by atoms with E-state index in [0.29, 0.717) is 11.7 Å². The minimum atomic E-state index is -0.877. The van der Waals surface area contributed by atoms with Crippen molar-refractivity contribution in [3.63, 3.8) is 0 Å². The van der Waals surface area contributed by atoms with Crippen LogP contribution in [0.4, 0.5) is 0 Å². The summed E-state index contributed by atoms with van der Waals surface area (Å²) >= 11 is 0. The maximum absolute atomic E-state index is 10.8. The van der Waals surface area contributed by atoms with Crippen molar-refractivity contribution in [1.82, 2.24) is 4.90 Å².